The second kappa shape index (κ2) is 9.39. The van der Waals surface area contributed by atoms with Gasteiger partial charge in [-0.2, -0.15) is 4.31 Å². The monoisotopic (exact) mass is 436 g/mol. The topological polar surface area (TPSA) is 84.0 Å². The van der Waals surface area contributed by atoms with E-state index in [-0.39, 0.29) is 50.0 Å². The standard InChI is InChI=1S/C20H21ClN2O5S/c21-18-9-5-4-6-16(18)14-20(25)28-15-19(24)22-10-12-23(13-11-22)29(26,27)17-7-2-1-3-8-17/h1-9H,10-15H2. The number of hydrogen-bond acceptors (Lipinski definition) is 5. The highest BCUT2D eigenvalue weighted by Crippen LogP contribution is 2.18. The van der Waals surface area contributed by atoms with Crippen LogP contribution in [0.4, 0.5) is 0 Å². The molecule has 0 bridgehead atoms. The zero-order valence-electron chi connectivity index (χ0n) is 15.7. The summed E-state index contributed by atoms with van der Waals surface area (Å²) in [6, 6.07) is 15.1. The number of benzene rings is 2. The molecule has 1 heterocycles. The van der Waals surface area contributed by atoms with Gasteiger partial charge < -0.3 is 9.64 Å². The predicted molar refractivity (Wildman–Crippen MR) is 108 cm³/mol. The van der Waals surface area contributed by atoms with Crippen molar-refractivity contribution < 1.29 is 22.7 Å². The van der Waals surface area contributed by atoms with Gasteiger partial charge in [0.1, 0.15) is 0 Å². The van der Waals surface area contributed by atoms with Crippen molar-refractivity contribution in [3.05, 3.63) is 65.2 Å². The number of halogens is 1. The molecule has 1 saturated heterocycles. The van der Waals surface area contributed by atoms with Crippen molar-refractivity contribution in [3.8, 4) is 0 Å². The zero-order valence-corrected chi connectivity index (χ0v) is 17.2. The normalized spacial score (nSPS) is 15.1. The van der Waals surface area contributed by atoms with E-state index >= 15 is 0 Å². The fourth-order valence-corrected chi connectivity index (χ4v) is 4.65. The largest absolute Gasteiger partial charge is 0.455 e. The molecule has 0 atom stereocenters. The van der Waals surface area contributed by atoms with Crippen molar-refractivity contribution in [3.63, 3.8) is 0 Å². The number of esters is 1. The van der Waals surface area contributed by atoms with Gasteiger partial charge in [0.2, 0.25) is 10.0 Å². The van der Waals surface area contributed by atoms with Crippen LogP contribution in [-0.4, -0.2) is 62.3 Å². The summed E-state index contributed by atoms with van der Waals surface area (Å²) in [4.78, 5) is 26.0. The number of amides is 1. The Morgan fingerprint density at radius 1 is 0.931 bits per heavy atom. The highest BCUT2D eigenvalue weighted by molar-refractivity contribution is 7.89. The Balaban J connectivity index is 1.48. The van der Waals surface area contributed by atoms with Crippen LogP contribution < -0.4 is 0 Å². The summed E-state index contributed by atoms with van der Waals surface area (Å²) in [6.07, 6.45) is -0.0178. The van der Waals surface area contributed by atoms with Gasteiger partial charge in [0.25, 0.3) is 5.91 Å². The first-order valence-electron chi connectivity index (χ1n) is 9.10. The second-order valence-electron chi connectivity index (χ2n) is 6.53. The third kappa shape index (κ3) is 5.35. The van der Waals surface area contributed by atoms with Gasteiger partial charge >= 0.3 is 5.97 Å². The Kier molecular flexibility index (Phi) is 6.89. The van der Waals surface area contributed by atoms with Crippen molar-refractivity contribution in [2.24, 2.45) is 0 Å². The molecule has 0 radical (unpaired) electrons. The number of hydrogen-bond donors (Lipinski definition) is 0. The molecule has 0 saturated carbocycles. The maximum Gasteiger partial charge on any atom is 0.310 e. The van der Waals surface area contributed by atoms with Gasteiger partial charge in [0.05, 0.1) is 11.3 Å². The maximum absolute atomic E-state index is 12.6. The van der Waals surface area contributed by atoms with Crippen LogP contribution in [0.25, 0.3) is 0 Å². The highest BCUT2D eigenvalue weighted by Gasteiger charge is 2.30. The summed E-state index contributed by atoms with van der Waals surface area (Å²) < 4.78 is 31.7. The summed E-state index contributed by atoms with van der Waals surface area (Å²) in [5.41, 5.74) is 0.631. The molecule has 0 spiro atoms. The van der Waals surface area contributed by atoms with Crippen LogP contribution >= 0.6 is 11.6 Å². The summed E-state index contributed by atoms with van der Waals surface area (Å²) in [6.45, 7) is 0.488. The molecule has 1 amide bonds. The number of piperazine rings is 1. The molecule has 29 heavy (non-hydrogen) atoms. The van der Waals surface area contributed by atoms with E-state index in [2.05, 4.69) is 0 Å². The molecule has 1 aliphatic heterocycles. The van der Waals surface area contributed by atoms with Crippen LogP contribution in [0, 0.1) is 0 Å². The molecular formula is C20H21ClN2O5S. The molecule has 2 aromatic rings. The number of carbonyl (C=O) groups is 2. The van der Waals surface area contributed by atoms with Crippen LogP contribution in [0.5, 0.6) is 0 Å². The van der Waals surface area contributed by atoms with Crippen LogP contribution in [0.1, 0.15) is 5.56 Å². The van der Waals surface area contributed by atoms with E-state index in [1.165, 1.54) is 9.21 Å². The van der Waals surface area contributed by atoms with E-state index in [4.69, 9.17) is 16.3 Å². The first-order valence-corrected chi connectivity index (χ1v) is 10.9. The van der Waals surface area contributed by atoms with Gasteiger partial charge in [0, 0.05) is 31.2 Å². The van der Waals surface area contributed by atoms with Gasteiger partial charge in [-0.3, -0.25) is 9.59 Å². The molecular weight excluding hydrogens is 416 g/mol. The van der Waals surface area contributed by atoms with Gasteiger partial charge in [-0.15, -0.1) is 0 Å². The van der Waals surface area contributed by atoms with Crippen LogP contribution in [0.3, 0.4) is 0 Å². The summed E-state index contributed by atoms with van der Waals surface area (Å²) in [5, 5.41) is 0.464. The molecule has 2 aromatic carbocycles. The van der Waals surface area contributed by atoms with Gasteiger partial charge in [-0.25, -0.2) is 8.42 Å². The van der Waals surface area contributed by atoms with Crippen molar-refractivity contribution in [1.29, 1.82) is 0 Å². The Bertz CT molecular complexity index is 973. The minimum Gasteiger partial charge on any atom is -0.455 e. The molecule has 0 aliphatic carbocycles. The lowest BCUT2D eigenvalue weighted by Gasteiger charge is -2.33. The number of carbonyl (C=O) groups excluding carboxylic acids is 2. The first kappa shape index (κ1) is 21.3. The van der Waals surface area contributed by atoms with Gasteiger partial charge in [-0.1, -0.05) is 48.0 Å². The molecule has 3 rings (SSSR count). The molecule has 1 fully saturated rings. The molecule has 0 N–H and O–H groups in total. The maximum atomic E-state index is 12.6. The third-order valence-corrected chi connectivity index (χ3v) is 6.90. The highest BCUT2D eigenvalue weighted by atomic mass is 35.5. The number of nitrogens with zero attached hydrogens (tertiary/aromatic N) is 2. The van der Waals surface area contributed by atoms with Gasteiger partial charge in [0.15, 0.2) is 6.61 Å². The minimum atomic E-state index is -3.58. The van der Waals surface area contributed by atoms with E-state index < -0.39 is 16.0 Å². The van der Waals surface area contributed by atoms with Crippen molar-refractivity contribution >= 4 is 33.5 Å². The SMILES string of the molecule is O=C(Cc1ccccc1Cl)OCC(=O)N1CCN(S(=O)(=O)c2ccccc2)CC1. The Morgan fingerprint density at radius 3 is 2.21 bits per heavy atom. The fourth-order valence-electron chi connectivity index (χ4n) is 3.00. The summed E-state index contributed by atoms with van der Waals surface area (Å²) in [5.74, 6) is -0.897. The smallest absolute Gasteiger partial charge is 0.310 e. The summed E-state index contributed by atoms with van der Waals surface area (Å²) in [7, 11) is -3.58. The molecule has 0 aromatic heterocycles. The Labute approximate surface area is 174 Å². The van der Waals surface area contributed by atoms with Crippen molar-refractivity contribution in [2.75, 3.05) is 32.8 Å². The van der Waals surface area contributed by atoms with Crippen LogP contribution in [-0.2, 0) is 30.8 Å². The third-order valence-electron chi connectivity index (χ3n) is 4.62. The quantitative estimate of drug-likeness (QED) is 0.646. The fraction of sp³-hybridized carbons (Fsp3) is 0.300. The number of ether oxygens (including phenoxy) is 1. The Morgan fingerprint density at radius 2 is 1.55 bits per heavy atom. The predicted octanol–water partition coefficient (Wildman–Crippen LogP) is 1.96. The van der Waals surface area contributed by atoms with Crippen molar-refractivity contribution in [1.82, 2.24) is 9.21 Å². The number of sulfonamides is 1. The number of rotatable bonds is 6. The van der Waals surface area contributed by atoms with E-state index in [9.17, 15) is 18.0 Å². The van der Waals surface area contributed by atoms with Crippen molar-refractivity contribution in [2.45, 2.75) is 11.3 Å². The second-order valence-corrected chi connectivity index (χ2v) is 8.87. The average molecular weight is 437 g/mol. The van der Waals surface area contributed by atoms with Gasteiger partial charge in [-0.05, 0) is 23.8 Å². The molecule has 0 unspecified atom stereocenters. The molecule has 154 valence electrons. The molecule has 9 heteroatoms. The lowest BCUT2D eigenvalue weighted by Crippen LogP contribution is -2.51. The van der Waals surface area contributed by atoms with Crippen LogP contribution in [0.15, 0.2) is 59.5 Å². The summed E-state index contributed by atoms with van der Waals surface area (Å²) >= 11 is 6.01. The lowest BCUT2D eigenvalue weighted by atomic mass is 10.1. The molecule has 1 aliphatic rings. The Hall–Kier alpha value is -2.42. The molecule has 7 nitrogen and oxygen atoms in total. The minimum absolute atomic E-state index is 0.0178. The average Bonchev–Trinajstić information content (AvgIpc) is 2.74. The van der Waals surface area contributed by atoms with Crippen LogP contribution in [0.2, 0.25) is 5.02 Å². The van der Waals surface area contributed by atoms with E-state index in [1.54, 1.807) is 54.6 Å². The van der Waals surface area contributed by atoms with E-state index in [0.29, 0.717) is 10.6 Å². The zero-order chi connectivity index (χ0) is 20.9. The first-order chi connectivity index (χ1) is 13.9. The van der Waals surface area contributed by atoms with E-state index in [1.807, 2.05) is 0 Å². The lowest BCUT2D eigenvalue weighted by molar-refractivity contribution is -0.152. The van der Waals surface area contributed by atoms with E-state index in [0.717, 1.165) is 0 Å².